The van der Waals surface area contributed by atoms with Crippen molar-refractivity contribution >= 4 is 28.1 Å². The van der Waals surface area contributed by atoms with Crippen LogP contribution in [0.3, 0.4) is 0 Å². The standard InChI is InChI=1S/C18H17FN6OS/c1-11-20-7-16(27-11)24-8-12-9-25(22-17(12)18(24)26)14-2-3-15(21-6-14)23-5-4-13(19)10-23/h2-3,6-7,9,13H,4-5,8,10H2,1H3/t13-/m0/s1. The van der Waals surface area contributed by atoms with Crippen LogP contribution in [0.1, 0.15) is 27.5 Å². The topological polar surface area (TPSA) is 67.2 Å². The summed E-state index contributed by atoms with van der Waals surface area (Å²) in [5, 5.41) is 6.22. The monoisotopic (exact) mass is 384 g/mol. The van der Waals surface area contributed by atoms with Gasteiger partial charge in [-0.1, -0.05) is 0 Å². The quantitative estimate of drug-likeness (QED) is 0.695. The number of amides is 1. The van der Waals surface area contributed by atoms with Gasteiger partial charge >= 0.3 is 0 Å². The number of hydrogen-bond acceptors (Lipinski definition) is 6. The van der Waals surface area contributed by atoms with Crippen molar-refractivity contribution in [2.75, 3.05) is 22.9 Å². The van der Waals surface area contributed by atoms with Crippen molar-refractivity contribution in [2.45, 2.75) is 26.1 Å². The van der Waals surface area contributed by atoms with Crippen LogP contribution in [0.15, 0.2) is 30.7 Å². The molecule has 0 saturated carbocycles. The molecule has 2 aliphatic rings. The fourth-order valence-corrected chi connectivity index (χ4v) is 4.26. The second kappa shape index (κ2) is 6.12. The van der Waals surface area contributed by atoms with Gasteiger partial charge in [0.25, 0.3) is 5.91 Å². The number of carbonyl (C=O) groups is 1. The van der Waals surface area contributed by atoms with Crippen LogP contribution in [0, 0.1) is 6.92 Å². The molecule has 0 radical (unpaired) electrons. The molecule has 9 heteroatoms. The first-order valence-corrected chi connectivity index (χ1v) is 9.58. The van der Waals surface area contributed by atoms with E-state index in [-0.39, 0.29) is 5.91 Å². The molecule has 0 unspecified atom stereocenters. The van der Waals surface area contributed by atoms with Gasteiger partial charge in [-0.15, -0.1) is 11.3 Å². The van der Waals surface area contributed by atoms with Crippen LogP contribution >= 0.6 is 11.3 Å². The number of nitrogens with zero attached hydrogens (tertiary/aromatic N) is 6. The van der Waals surface area contributed by atoms with Gasteiger partial charge in [-0.3, -0.25) is 9.69 Å². The number of aromatic nitrogens is 4. The Morgan fingerprint density at radius 3 is 2.78 bits per heavy atom. The zero-order valence-electron chi connectivity index (χ0n) is 14.7. The van der Waals surface area contributed by atoms with Crippen molar-refractivity contribution in [3.8, 4) is 5.69 Å². The van der Waals surface area contributed by atoms with Gasteiger partial charge in [0.15, 0.2) is 5.69 Å². The highest BCUT2D eigenvalue weighted by atomic mass is 32.1. The summed E-state index contributed by atoms with van der Waals surface area (Å²) in [5.74, 6) is 0.657. The highest BCUT2D eigenvalue weighted by Crippen LogP contribution is 2.32. The Labute approximate surface area is 159 Å². The molecule has 3 aromatic heterocycles. The van der Waals surface area contributed by atoms with Crippen LogP contribution in [0.5, 0.6) is 0 Å². The van der Waals surface area contributed by atoms with E-state index in [1.54, 1.807) is 22.0 Å². The van der Waals surface area contributed by atoms with Crippen LogP contribution in [-0.2, 0) is 6.54 Å². The van der Waals surface area contributed by atoms with E-state index in [1.165, 1.54) is 11.3 Å². The molecular formula is C18H17FN6OS. The summed E-state index contributed by atoms with van der Waals surface area (Å²) in [6, 6.07) is 3.76. The zero-order chi connectivity index (χ0) is 18.5. The summed E-state index contributed by atoms with van der Waals surface area (Å²) in [6.45, 7) is 3.49. The maximum Gasteiger partial charge on any atom is 0.280 e. The molecule has 1 atom stereocenters. The Bertz CT molecular complexity index is 1010. The molecule has 1 saturated heterocycles. The maximum absolute atomic E-state index is 13.4. The summed E-state index contributed by atoms with van der Waals surface area (Å²) in [6.07, 6.45) is 5.06. The summed E-state index contributed by atoms with van der Waals surface area (Å²) in [7, 11) is 0. The first-order valence-electron chi connectivity index (χ1n) is 8.77. The molecule has 0 bridgehead atoms. The van der Waals surface area contributed by atoms with Gasteiger partial charge in [-0.2, -0.15) is 5.10 Å². The molecule has 0 spiro atoms. The Hall–Kier alpha value is -2.81. The Kier molecular flexibility index (Phi) is 3.71. The molecule has 2 aliphatic heterocycles. The lowest BCUT2D eigenvalue weighted by Crippen LogP contribution is -2.23. The lowest BCUT2D eigenvalue weighted by molar-refractivity contribution is 0.0992. The van der Waals surface area contributed by atoms with Crippen LogP contribution in [0.2, 0.25) is 0 Å². The average molecular weight is 384 g/mol. The van der Waals surface area contributed by atoms with Crippen molar-refractivity contribution in [2.24, 2.45) is 0 Å². The number of pyridine rings is 1. The van der Waals surface area contributed by atoms with Gasteiger partial charge in [0.05, 0.1) is 36.2 Å². The number of rotatable bonds is 3. The summed E-state index contributed by atoms with van der Waals surface area (Å²) < 4.78 is 15.0. The van der Waals surface area contributed by atoms with Crippen LogP contribution in [-0.4, -0.2) is 44.9 Å². The molecule has 0 aromatic carbocycles. The van der Waals surface area contributed by atoms with Gasteiger partial charge < -0.3 is 4.90 Å². The predicted octanol–water partition coefficient (Wildman–Crippen LogP) is 2.74. The van der Waals surface area contributed by atoms with Crippen LogP contribution < -0.4 is 9.80 Å². The summed E-state index contributed by atoms with van der Waals surface area (Å²) in [4.78, 5) is 25.0. The van der Waals surface area contributed by atoms with Crippen LogP contribution in [0.25, 0.3) is 5.69 Å². The molecule has 0 aliphatic carbocycles. The highest BCUT2D eigenvalue weighted by molar-refractivity contribution is 7.15. The molecule has 3 aromatic rings. The number of fused-ring (bicyclic) bond motifs is 1. The van der Waals surface area contributed by atoms with E-state index in [2.05, 4.69) is 15.1 Å². The number of thiazole rings is 1. The lowest BCUT2D eigenvalue weighted by atomic mass is 10.3. The Morgan fingerprint density at radius 2 is 2.15 bits per heavy atom. The number of alkyl halides is 1. The minimum atomic E-state index is -0.781. The van der Waals surface area contributed by atoms with E-state index in [1.807, 2.05) is 30.2 Å². The smallest absolute Gasteiger partial charge is 0.280 e. The van der Waals surface area contributed by atoms with E-state index >= 15 is 0 Å². The first-order chi connectivity index (χ1) is 13.1. The molecule has 138 valence electrons. The van der Waals surface area contributed by atoms with Gasteiger partial charge in [-0.05, 0) is 25.5 Å². The van der Waals surface area contributed by atoms with E-state index in [4.69, 9.17) is 0 Å². The minimum Gasteiger partial charge on any atom is -0.354 e. The van der Waals surface area contributed by atoms with Crippen molar-refractivity contribution < 1.29 is 9.18 Å². The molecule has 0 N–H and O–H groups in total. The molecule has 5 heterocycles. The van der Waals surface area contributed by atoms with Crippen molar-refractivity contribution in [1.82, 2.24) is 19.7 Å². The van der Waals surface area contributed by atoms with Crippen molar-refractivity contribution in [3.05, 3.63) is 47.0 Å². The summed E-state index contributed by atoms with van der Waals surface area (Å²) in [5.41, 5.74) is 2.12. The number of anilines is 2. The lowest BCUT2D eigenvalue weighted by Gasteiger charge is -2.16. The van der Waals surface area contributed by atoms with Crippen LogP contribution in [0.4, 0.5) is 15.2 Å². The number of carbonyl (C=O) groups excluding carboxylic acids is 1. The fourth-order valence-electron chi connectivity index (χ4n) is 3.49. The molecule has 1 amide bonds. The third kappa shape index (κ3) is 2.78. The van der Waals surface area contributed by atoms with E-state index in [9.17, 15) is 9.18 Å². The molecular weight excluding hydrogens is 367 g/mol. The Balaban J connectivity index is 1.37. The third-order valence-electron chi connectivity index (χ3n) is 4.89. The van der Waals surface area contributed by atoms with Gasteiger partial charge in [-0.25, -0.2) is 19.0 Å². The fraction of sp³-hybridized carbons (Fsp3) is 0.333. The van der Waals surface area contributed by atoms with E-state index < -0.39 is 6.17 Å². The molecule has 5 rings (SSSR count). The third-order valence-corrected chi connectivity index (χ3v) is 5.83. The molecule has 1 fully saturated rings. The van der Waals surface area contributed by atoms with Gasteiger partial charge in [0.2, 0.25) is 0 Å². The first kappa shape index (κ1) is 16.4. The SMILES string of the molecule is Cc1ncc(N2Cc3cn(-c4ccc(N5CC[C@H](F)C5)nc4)nc3C2=O)s1. The average Bonchev–Trinajstić information content (AvgIpc) is 3.42. The predicted molar refractivity (Wildman–Crippen MR) is 100 cm³/mol. The molecule has 27 heavy (non-hydrogen) atoms. The van der Waals surface area contributed by atoms with Gasteiger partial charge in [0.1, 0.15) is 17.0 Å². The van der Waals surface area contributed by atoms with E-state index in [0.29, 0.717) is 31.7 Å². The maximum atomic E-state index is 13.4. The highest BCUT2D eigenvalue weighted by Gasteiger charge is 2.33. The largest absolute Gasteiger partial charge is 0.354 e. The summed E-state index contributed by atoms with van der Waals surface area (Å²) >= 11 is 1.50. The normalized spacial score (nSPS) is 19.2. The second-order valence-electron chi connectivity index (χ2n) is 6.76. The number of hydrogen-bond donors (Lipinski definition) is 0. The molecule has 7 nitrogen and oxygen atoms in total. The number of halogens is 1. The minimum absolute atomic E-state index is 0.108. The van der Waals surface area contributed by atoms with Crippen molar-refractivity contribution in [1.29, 1.82) is 0 Å². The van der Waals surface area contributed by atoms with E-state index in [0.717, 1.165) is 27.1 Å². The van der Waals surface area contributed by atoms with Gasteiger partial charge in [0, 0.05) is 18.3 Å². The Morgan fingerprint density at radius 1 is 1.26 bits per heavy atom. The van der Waals surface area contributed by atoms with Crippen molar-refractivity contribution in [3.63, 3.8) is 0 Å². The zero-order valence-corrected chi connectivity index (χ0v) is 15.5. The second-order valence-corrected chi connectivity index (χ2v) is 7.98. The number of aryl methyl sites for hydroxylation is 1.